The zero-order valence-corrected chi connectivity index (χ0v) is 14.0. The second-order valence-electron chi connectivity index (χ2n) is 5.71. The molecular formula is C16H26N2O4. The highest BCUT2D eigenvalue weighted by Crippen LogP contribution is 2.22. The van der Waals surface area contributed by atoms with Crippen LogP contribution in [0, 0.1) is 5.92 Å². The van der Waals surface area contributed by atoms with Crippen LogP contribution in [0.4, 0.5) is 5.69 Å². The van der Waals surface area contributed by atoms with E-state index in [1.54, 1.807) is 39.5 Å². The zero-order chi connectivity index (χ0) is 16.6. The Morgan fingerprint density at radius 2 is 2.05 bits per heavy atom. The van der Waals surface area contributed by atoms with Gasteiger partial charge in [-0.05, 0) is 25.3 Å². The fraction of sp³-hybridized carbons (Fsp3) is 0.625. The highest BCUT2D eigenvalue weighted by atomic mass is 16.5. The van der Waals surface area contributed by atoms with Crippen molar-refractivity contribution < 1.29 is 19.0 Å². The molecule has 22 heavy (non-hydrogen) atoms. The number of ether oxygens (including phenoxy) is 3. The minimum atomic E-state index is -0.859. The lowest BCUT2D eigenvalue weighted by atomic mass is 9.93. The molecule has 1 aromatic heterocycles. The summed E-state index contributed by atoms with van der Waals surface area (Å²) in [5, 5.41) is 2.83. The van der Waals surface area contributed by atoms with Crippen molar-refractivity contribution in [3.05, 3.63) is 18.3 Å². The minimum Gasteiger partial charge on any atom is -0.475 e. The van der Waals surface area contributed by atoms with Gasteiger partial charge in [-0.25, -0.2) is 4.98 Å². The van der Waals surface area contributed by atoms with Gasteiger partial charge in [0.25, 0.3) is 5.91 Å². The number of hydrogen-bond acceptors (Lipinski definition) is 5. The van der Waals surface area contributed by atoms with Crippen LogP contribution in [0.1, 0.15) is 27.2 Å². The highest BCUT2D eigenvalue weighted by molar-refractivity contribution is 5.96. The standard InChI is InChI=1S/C16H26N2O4/c1-12(2)10-16(3,21-5)15(19)18-13-6-7-14(17-11-13)22-9-8-20-4/h6-7,11-12H,8-10H2,1-5H3,(H,18,19)/t16-/m1/s1. The molecule has 124 valence electrons. The van der Waals surface area contributed by atoms with Crippen LogP contribution in [0.2, 0.25) is 0 Å². The maximum absolute atomic E-state index is 12.4. The molecule has 0 aliphatic rings. The molecule has 1 heterocycles. The number of methoxy groups -OCH3 is 2. The van der Waals surface area contributed by atoms with E-state index in [0.717, 1.165) is 0 Å². The van der Waals surface area contributed by atoms with Gasteiger partial charge < -0.3 is 19.5 Å². The third kappa shape index (κ3) is 5.61. The summed E-state index contributed by atoms with van der Waals surface area (Å²) in [4.78, 5) is 16.5. The Morgan fingerprint density at radius 3 is 2.55 bits per heavy atom. The van der Waals surface area contributed by atoms with Gasteiger partial charge in [-0.3, -0.25) is 4.79 Å². The number of pyridine rings is 1. The first-order chi connectivity index (χ1) is 10.4. The van der Waals surface area contributed by atoms with E-state index in [2.05, 4.69) is 24.1 Å². The Morgan fingerprint density at radius 1 is 1.32 bits per heavy atom. The van der Waals surface area contributed by atoms with Crippen molar-refractivity contribution >= 4 is 11.6 Å². The number of rotatable bonds is 9. The largest absolute Gasteiger partial charge is 0.475 e. The topological polar surface area (TPSA) is 69.7 Å². The monoisotopic (exact) mass is 310 g/mol. The van der Waals surface area contributed by atoms with Crippen LogP contribution >= 0.6 is 0 Å². The quantitative estimate of drug-likeness (QED) is 0.710. The Kier molecular flexibility index (Phi) is 7.27. The highest BCUT2D eigenvalue weighted by Gasteiger charge is 2.33. The summed E-state index contributed by atoms with van der Waals surface area (Å²) >= 11 is 0. The molecule has 0 aromatic carbocycles. The first kappa shape index (κ1) is 18.4. The molecule has 0 bridgehead atoms. The van der Waals surface area contributed by atoms with E-state index in [-0.39, 0.29) is 5.91 Å². The van der Waals surface area contributed by atoms with Crippen molar-refractivity contribution in [3.63, 3.8) is 0 Å². The minimum absolute atomic E-state index is 0.182. The predicted octanol–water partition coefficient (Wildman–Crippen LogP) is 2.50. The van der Waals surface area contributed by atoms with E-state index < -0.39 is 5.60 Å². The molecule has 0 radical (unpaired) electrons. The van der Waals surface area contributed by atoms with Crippen molar-refractivity contribution in [2.24, 2.45) is 5.92 Å². The molecule has 6 heteroatoms. The maximum Gasteiger partial charge on any atom is 0.256 e. The molecule has 6 nitrogen and oxygen atoms in total. The number of carbonyl (C=O) groups is 1. The molecule has 1 N–H and O–H groups in total. The normalized spacial score (nSPS) is 13.7. The van der Waals surface area contributed by atoms with Crippen LogP contribution in [-0.4, -0.2) is 43.9 Å². The van der Waals surface area contributed by atoms with Crippen LogP contribution in [0.25, 0.3) is 0 Å². The molecule has 1 rings (SSSR count). The molecule has 0 saturated carbocycles. The van der Waals surface area contributed by atoms with Crippen molar-refractivity contribution in [1.29, 1.82) is 0 Å². The SMILES string of the molecule is COCCOc1ccc(NC(=O)[C@@](C)(CC(C)C)OC)cn1. The fourth-order valence-electron chi connectivity index (χ4n) is 2.08. The van der Waals surface area contributed by atoms with E-state index in [9.17, 15) is 4.79 Å². The molecule has 0 unspecified atom stereocenters. The van der Waals surface area contributed by atoms with Crippen LogP contribution in [0.3, 0.4) is 0 Å². The zero-order valence-electron chi connectivity index (χ0n) is 14.0. The van der Waals surface area contributed by atoms with Crippen molar-refractivity contribution in [2.75, 3.05) is 32.8 Å². The summed E-state index contributed by atoms with van der Waals surface area (Å²) < 4.78 is 15.7. The lowest BCUT2D eigenvalue weighted by Crippen LogP contribution is -2.43. The van der Waals surface area contributed by atoms with Gasteiger partial charge in [0.15, 0.2) is 0 Å². The molecule has 0 aliphatic heterocycles. The van der Waals surface area contributed by atoms with E-state index in [1.165, 1.54) is 0 Å². The van der Waals surface area contributed by atoms with Gasteiger partial charge in [0, 0.05) is 20.3 Å². The van der Waals surface area contributed by atoms with Gasteiger partial charge in [0.05, 0.1) is 18.5 Å². The van der Waals surface area contributed by atoms with E-state index in [0.29, 0.717) is 37.1 Å². The van der Waals surface area contributed by atoms with Crippen LogP contribution in [0.5, 0.6) is 5.88 Å². The van der Waals surface area contributed by atoms with Gasteiger partial charge in [-0.1, -0.05) is 13.8 Å². The molecule has 1 aromatic rings. The second-order valence-corrected chi connectivity index (χ2v) is 5.71. The van der Waals surface area contributed by atoms with Crippen molar-refractivity contribution in [3.8, 4) is 5.88 Å². The van der Waals surface area contributed by atoms with E-state index in [1.807, 2.05) is 0 Å². The molecule has 1 atom stereocenters. The molecule has 1 amide bonds. The third-order valence-electron chi connectivity index (χ3n) is 3.26. The molecule has 0 saturated heterocycles. The summed E-state index contributed by atoms with van der Waals surface area (Å²) in [5.74, 6) is 0.663. The van der Waals surface area contributed by atoms with Crippen LogP contribution in [0.15, 0.2) is 18.3 Å². The van der Waals surface area contributed by atoms with Crippen molar-refractivity contribution in [2.45, 2.75) is 32.8 Å². The number of carbonyl (C=O) groups excluding carboxylic acids is 1. The Hall–Kier alpha value is -1.66. The molecule has 0 fully saturated rings. The smallest absolute Gasteiger partial charge is 0.256 e. The van der Waals surface area contributed by atoms with Crippen molar-refractivity contribution in [1.82, 2.24) is 4.98 Å². The first-order valence-corrected chi connectivity index (χ1v) is 7.35. The van der Waals surface area contributed by atoms with Gasteiger partial charge in [0.1, 0.15) is 12.2 Å². The number of hydrogen-bond donors (Lipinski definition) is 1. The van der Waals surface area contributed by atoms with Crippen LogP contribution < -0.4 is 10.1 Å². The second kappa shape index (κ2) is 8.70. The maximum atomic E-state index is 12.4. The summed E-state index contributed by atoms with van der Waals surface area (Å²) in [7, 11) is 3.16. The van der Waals surface area contributed by atoms with Gasteiger partial charge in [-0.2, -0.15) is 0 Å². The average Bonchev–Trinajstić information content (AvgIpc) is 2.48. The number of nitrogens with zero attached hydrogens (tertiary/aromatic N) is 1. The third-order valence-corrected chi connectivity index (χ3v) is 3.26. The number of amides is 1. The number of anilines is 1. The summed E-state index contributed by atoms with van der Waals surface area (Å²) in [6, 6.07) is 3.45. The Labute approximate surface area is 132 Å². The Balaban J connectivity index is 2.63. The Bertz CT molecular complexity index is 462. The van der Waals surface area contributed by atoms with Gasteiger partial charge >= 0.3 is 0 Å². The number of nitrogens with one attached hydrogen (secondary N) is 1. The van der Waals surface area contributed by atoms with Crippen LogP contribution in [-0.2, 0) is 14.3 Å². The first-order valence-electron chi connectivity index (χ1n) is 7.35. The van der Waals surface area contributed by atoms with E-state index in [4.69, 9.17) is 14.2 Å². The lowest BCUT2D eigenvalue weighted by molar-refractivity contribution is -0.137. The lowest BCUT2D eigenvalue weighted by Gasteiger charge is -2.28. The molecule has 0 spiro atoms. The summed E-state index contributed by atoms with van der Waals surface area (Å²) in [5.41, 5.74) is -0.252. The fourth-order valence-corrected chi connectivity index (χ4v) is 2.08. The van der Waals surface area contributed by atoms with Gasteiger partial charge in [0.2, 0.25) is 5.88 Å². The molecule has 0 aliphatic carbocycles. The van der Waals surface area contributed by atoms with E-state index >= 15 is 0 Å². The molecular weight excluding hydrogens is 284 g/mol. The van der Waals surface area contributed by atoms with Gasteiger partial charge in [-0.15, -0.1) is 0 Å². The summed E-state index contributed by atoms with van der Waals surface area (Å²) in [6.07, 6.45) is 2.20. The average molecular weight is 310 g/mol. The summed E-state index contributed by atoms with van der Waals surface area (Å²) in [6.45, 7) is 6.83. The number of aromatic nitrogens is 1. The predicted molar refractivity (Wildman–Crippen MR) is 85.1 cm³/mol.